The van der Waals surface area contributed by atoms with Crippen LogP contribution in [0.25, 0.3) is 0 Å². The van der Waals surface area contributed by atoms with Crippen LogP contribution in [0.3, 0.4) is 0 Å². The van der Waals surface area contributed by atoms with Crippen molar-refractivity contribution < 1.29 is 29.3 Å². The number of hydrogen-bond donors (Lipinski definition) is 3. The number of ketones is 1. The van der Waals surface area contributed by atoms with Gasteiger partial charge in [0.25, 0.3) is 5.79 Å². The van der Waals surface area contributed by atoms with Crippen molar-refractivity contribution in [1.82, 2.24) is 10.2 Å². The van der Waals surface area contributed by atoms with Crippen molar-refractivity contribution in [3.63, 3.8) is 0 Å². The second-order valence-electron chi connectivity index (χ2n) is 9.87. The predicted octanol–water partition coefficient (Wildman–Crippen LogP) is 3.33. The number of aliphatic hydroxyl groups is 1. The van der Waals surface area contributed by atoms with Crippen molar-refractivity contribution in [2.45, 2.75) is 57.4 Å². The number of benzene rings is 2. The van der Waals surface area contributed by atoms with E-state index in [-0.39, 0.29) is 17.0 Å². The molecule has 4 rings (SSSR count). The molecule has 2 amide bonds. The quantitative estimate of drug-likeness (QED) is 0.655. The first-order valence-corrected chi connectivity index (χ1v) is 10.8. The van der Waals surface area contributed by atoms with Crippen LogP contribution in [0.5, 0.6) is 5.75 Å². The zero-order valence-corrected chi connectivity index (χ0v) is 19.3. The third-order valence-electron chi connectivity index (χ3n) is 6.39. The molecule has 2 atom stereocenters. The summed E-state index contributed by atoms with van der Waals surface area (Å²) in [6.07, 6.45) is -1.27. The van der Waals surface area contributed by atoms with E-state index in [4.69, 9.17) is 4.74 Å². The number of nitrogens with one attached hydrogen (secondary N) is 1. The topological polar surface area (TPSA) is 116 Å². The Morgan fingerprint density at radius 1 is 1.12 bits per heavy atom. The fourth-order valence-electron chi connectivity index (χ4n) is 4.62. The first-order valence-electron chi connectivity index (χ1n) is 10.8. The summed E-state index contributed by atoms with van der Waals surface area (Å²) in [5, 5.41) is 24.1. The summed E-state index contributed by atoms with van der Waals surface area (Å²) in [5.41, 5.74) is -1.00. The first-order chi connectivity index (χ1) is 15.3. The van der Waals surface area contributed by atoms with Crippen molar-refractivity contribution in [1.29, 1.82) is 0 Å². The van der Waals surface area contributed by atoms with Crippen molar-refractivity contribution in [2.75, 3.05) is 6.54 Å². The molecule has 3 N–H and O–H groups in total. The molecule has 8 heteroatoms. The van der Waals surface area contributed by atoms with E-state index in [0.717, 1.165) is 10.5 Å². The Morgan fingerprint density at radius 2 is 1.79 bits per heavy atom. The van der Waals surface area contributed by atoms with Gasteiger partial charge in [-0.1, -0.05) is 50.2 Å². The fraction of sp³-hybridized carbons (Fsp3) is 0.400. The number of ether oxygens (including phenoxy) is 1. The third-order valence-corrected chi connectivity index (χ3v) is 6.39. The van der Waals surface area contributed by atoms with Crippen LogP contribution >= 0.6 is 0 Å². The zero-order chi connectivity index (χ0) is 24.3. The van der Waals surface area contributed by atoms with E-state index in [1.165, 1.54) is 0 Å². The Labute approximate surface area is 192 Å². The average Bonchev–Trinajstić information content (AvgIpc) is 3.08. The molecule has 2 unspecified atom stereocenters. The van der Waals surface area contributed by atoms with E-state index in [1.807, 2.05) is 19.9 Å². The largest absolute Gasteiger partial charge is 0.465 e. The molecular formula is C25H28N2O6. The molecule has 1 heterocycles. The van der Waals surface area contributed by atoms with Gasteiger partial charge >= 0.3 is 6.09 Å². The van der Waals surface area contributed by atoms with Crippen LogP contribution < -0.4 is 10.1 Å². The number of amides is 2. The second-order valence-corrected chi connectivity index (χ2v) is 9.87. The van der Waals surface area contributed by atoms with Crippen LogP contribution in [0, 0.1) is 0 Å². The number of hydrogen-bond acceptors (Lipinski definition) is 5. The molecule has 2 aromatic rings. The minimum absolute atomic E-state index is 0.179. The van der Waals surface area contributed by atoms with Crippen LogP contribution in [-0.2, 0) is 16.1 Å². The summed E-state index contributed by atoms with van der Waals surface area (Å²) >= 11 is 0. The van der Waals surface area contributed by atoms with E-state index in [0.29, 0.717) is 11.3 Å². The van der Waals surface area contributed by atoms with E-state index in [1.54, 1.807) is 57.2 Å². The van der Waals surface area contributed by atoms with Gasteiger partial charge < -0.3 is 20.3 Å². The van der Waals surface area contributed by atoms with E-state index < -0.39 is 41.2 Å². The van der Waals surface area contributed by atoms with E-state index >= 15 is 0 Å². The van der Waals surface area contributed by atoms with Gasteiger partial charge in [0, 0.05) is 22.2 Å². The molecule has 0 spiro atoms. The molecule has 33 heavy (non-hydrogen) atoms. The van der Waals surface area contributed by atoms with Gasteiger partial charge in [0.1, 0.15) is 12.3 Å². The molecule has 0 aromatic heterocycles. The highest BCUT2D eigenvalue weighted by Crippen LogP contribution is 2.58. The number of carboxylic acid groups (broad SMARTS) is 1. The summed E-state index contributed by atoms with van der Waals surface area (Å²) in [6, 6.07) is 11.8. The Balaban J connectivity index is 1.83. The Kier molecular flexibility index (Phi) is 5.05. The number of carbonyl (C=O) groups excluding carboxylic acids is 2. The molecular weight excluding hydrogens is 424 g/mol. The summed E-state index contributed by atoms with van der Waals surface area (Å²) in [6.45, 7) is 8.51. The molecule has 0 fully saturated rings. The Morgan fingerprint density at radius 3 is 2.39 bits per heavy atom. The average molecular weight is 453 g/mol. The monoisotopic (exact) mass is 452 g/mol. The standard InChI is InChI=1S/C25H28N2O6/c1-14(2)15-10-11-18-19(12-15)33-25(32)17-9-7-6-8-16(17)21(29)24(18,25)26-20(28)13-27(22(30)31)23(3,4)5/h6-12,14,32H,13H2,1-5H3,(H,26,28)(H,30,31). The van der Waals surface area contributed by atoms with Gasteiger partial charge in [-0.2, -0.15) is 0 Å². The highest BCUT2D eigenvalue weighted by atomic mass is 16.6. The van der Waals surface area contributed by atoms with Gasteiger partial charge in [-0.3, -0.25) is 14.5 Å². The minimum Gasteiger partial charge on any atom is -0.465 e. The number of nitrogens with zero attached hydrogens (tertiary/aromatic N) is 1. The molecule has 0 saturated carbocycles. The molecule has 174 valence electrons. The normalized spacial score (nSPS) is 22.9. The van der Waals surface area contributed by atoms with Gasteiger partial charge in [0.15, 0.2) is 0 Å². The van der Waals surface area contributed by atoms with Gasteiger partial charge in [0.05, 0.1) is 0 Å². The molecule has 0 bridgehead atoms. The maximum atomic E-state index is 13.8. The summed E-state index contributed by atoms with van der Waals surface area (Å²) in [7, 11) is 0. The van der Waals surface area contributed by atoms with Crippen LogP contribution in [-0.4, -0.2) is 45.0 Å². The van der Waals surface area contributed by atoms with Crippen LogP contribution in [0.2, 0.25) is 0 Å². The lowest BCUT2D eigenvalue weighted by Gasteiger charge is -2.37. The molecule has 0 radical (unpaired) electrons. The van der Waals surface area contributed by atoms with Crippen molar-refractivity contribution in [2.24, 2.45) is 0 Å². The van der Waals surface area contributed by atoms with E-state index in [2.05, 4.69) is 5.32 Å². The number of Topliss-reactive ketones (excluding diaryl/α,β-unsaturated/α-hetero) is 1. The summed E-state index contributed by atoms with van der Waals surface area (Å²) < 4.78 is 6.02. The van der Waals surface area contributed by atoms with Gasteiger partial charge in [-0.15, -0.1) is 0 Å². The van der Waals surface area contributed by atoms with Crippen LogP contribution in [0.1, 0.15) is 67.6 Å². The fourth-order valence-corrected chi connectivity index (χ4v) is 4.62. The maximum absolute atomic E-state index is 13.8. The predicted molar refractivity (Wildman–Crippen MR) is 120 cm³/mol. The molecule has 0 saturated heterocycles. The molecule has 8 nitrogen and oxygen atoms in total. The Hall–Kier alpha value is -3.39. The highest BCUT2D eigenvalue weighted by molar-refractivity contribution is 6.12. The SMILES string of the molecule is CC(C)c1ccc2c(c1)OC1(O)c3ccccc3C(=O)C21NC(=O)CN(C(=O)O)C(C)(C)C. The molecule has 1 aliphatic carbocycles. The lowest BCUT2D eigenvalue weighted by molar-refractivity contribution is -0.175. The van der Waals surface area contributed by atoms with Crippen molar-refractivity contribution in [3.8, 4) is 5.75 Å². The van der Waals surface area contributed by atoms with Crippen LogP contribution in [0.4, 0.5) is 4.79 Å². The molecule has 2 aliphatic rings. The third kappa shape index (κ3) is 3.20. The van der Waals surface area contributed by atoms with Gasteiger partial charge in [0.2, 0.25) is 17.2 Å². The smallest absolute Gasteiger partial charge is 0.408 e. The van der Waals surface area contributed by atoms with Crippen LogP contribution in [0.15, 0.2) is 42.5 Å². The second kappa shape index (κ2) is 7.31. The minimum atomic E-state index is -2.16. The molecule has 1 aliphatic heterocycles. The van der Waals surface area contributed by atoms with Crippen molar-refractivity contribution in [3.05, 3.63) is 64.7 Å². The summed E-state index contributed by atoms with van der Waals surface area (Å²) in [5.74, 6) is -2.92. The number of rotatable bonds is 4. The number of carbonyl (C=O) groups is 3. The molecule has 2 aromatic carbocycles. The lowest BCUT2D eigenvalue weighted by Crippen LogP contribution is -2.62. The first kappa shape index (κ1) is 22.8. The highest BCUT2D eigenvalue weighted by Gasteiger charge is 2.71. The zero-order valence-electron chi connectivity index (χ0n) is 19.3. The van der Waals surface area contributed by atoms with Gasteiger partial charge in [-0.25, -0.2) is 4.79 Å². The number of fused-ring (bicyclic) bond motifs is 5. The van der Waals surface area contributed by atoms with Gasteiger partial charge in [-0.05, 0) is 38.3 Å². The maximum Gasteiger partial charge on any atom is 0.408 e. The Bertz CT molecular complexity index is 1170. The van der Waals surface area contributed by atoms with Crippen molar-refractivity contribution >= 4 is 17.8 Å². The van der Waals surface area contributed by atoms with E-state index in [9.17, 15) is 24.6 Å². The lowest BCUT2D eigenvalue weighted by atomic mass is 9.82. The summed E-state index contributed by atoms with van der Waals surface area (Å²) in [4.78, 5) is 39.7.